The molecule has 0 unspecified atom stereocenters. The number of hydrogen-bond acceptors (Lipinski definition) is 3. The first-order valence-corrected chi connectivity index (χ1v) is 5.58. The minimum absolute atomic E-state index is 0.00852. The summed E-state index contributed by atoms with van der Waals surface area (Å²) in [5.74, 6) is -0.679. The monoisotopic (exact) mass is 268 g/mol. The van der Waals surface area contributed by atoms with Gasteiger partial charge in [-0.1, -0.05) is 17.7 Å². The molecule has 0 aliphatic heterocycles. The Bertz CT molecular complexity index is 635. The summed E-state index contributed by atoms with van der Waals surface area (Å²) in [4.78, 5) is 17.7. The number of hydrogen-bond donors (Lipinski definition) is 2. The fraction of sp³-hybridized carbons (Fsp3) is 0.167. The molecule has 0 fully saturated rings. The lowest BCUT2D eigenvalue weighted by atomic mass is 10.1. The molecule has 0 saturated carbocycles. The van der Waals surface area contributed by atoms with Gasteiger partial charge in [-0.15, -0.1) is 0 Å². The van der Waals surface area contributed by atoms with E-state index in [1.807, 2.05) is 0 Å². The van der Waals surface area contributed by atoms with E-state index in [0.29, 0.717) is 0 Å². The van der Waals surface area contributed by atoms with Crippen molar-refractivity contribution in [1.82, 2.24) is 9.97 Å². The van der Waals surface area contributed by atoms with Crippen LogP contribution < -0.4 is 5.56 Å². The van der Waals surface area contributed by atoms with Crippen LogP contribution in [0.2, 0.25) is 5.02 Å². The maximum absolute atomic E-state index is 13.5. The summed E-state index contributed by atoms with van der Waals surface area (Å²) in [6.07, 6.45) is 0.00852. The Labute approximate surface area is 107 Å². The molecule has 4 nitrogen and oxygen atoms in total. The van der Waals surface area contributed by atoms with E-state index in [1.165, 1.54) is 19.1 Å². The predicted octanol–water partition coefficient (Wildman–Crippen LogP) is 2.17. The van der Waals surface area contributed by atoms with E-state index in [4.69, 9.17) is 11.6 Å². The zero-order valence-corrected chi connectivity index (χ0v) is 10.3. The molecule has 0 spiro atoms. The standard InChI is InChI=1S/C12H10ClFN2O2/c1-6-11(17)15-10(16-12(6)18)5-7-8(13)3-2-4-9(7)14/h2-4H,5H2,1H3,(H2,15,16,17,18). The molecule has 0 radical (unpaired) electrons. The number of nitrogens with zero attached hydrogens (tertiary/aromatic N) is 1. The molecule has 1 aromatic carbocycles. The highest BCUT2D eigenvalue weighted by Crippen LogP contribution is 2.21. The topological polar surface area (TPSA) is 66.0 Å². The van der Waals surface area contributed by atoms with Crippen molar-refractivity contribution in [2.24, 2.45) is 0 Å². The first-order chi connectivity index (χ1) is 8.49. The highest BCUT2D eigenvalue weighted by molar-refractivity contribution is 6.31. The third-order valence-electron chi connectivity index (χ3n) is 2.58. The van der Waals surface area contributed by atoms with Gasteiger partial charge in [-0.2, -0.15) is 4.98 Å². The molecular weight excluding hydrogens is 259 g/mol. The third-order valence-corrected chi connectivity index (χ3v) is 2.93. The van der Waals surface area contributed by atoms with Gasteiger partial charge in [0.2, 0.25) is 5.88 Å². The van der Waals surface area contributed by atoms with Crippen LogP contribution in [0.15, 0.2) is 23.0 Å². The Hall–Kier alpha value is -1.88. The molecule has 1 aromatic heterocycles. The van der Waals surface area contributed by atoms with Crippen LogP contribution in [0.25, 0.3) is 0 Å². The molecule has 6 heteroatoms. The number of benzene rings is 1. The van der Waals surface area contributed by atoms with Crippen LogP contribution in [-0.2, 0) is 6.42 Å². The van der Waals surface area contributed by atoms with Gasteiger partial charge in [-0.05, 0) is 19.1 Å². The summed E-state index contributed by atoms with van der Waals surface area (Å²) in [6, 6.07) is 4.31. The number of rotatable bonds is 2. The minimum Gasteiger partial charge on any atom is -0.493 e. The van der Waals surface area contributed by atoms with Crippen LogP contribution in [0.3, 0.4) is 0 Å². The summed E-state index contributed by atoms with van der Waals surface area (Å²) in [6.45, 7) is 1.45. The van der Waals surface area contributed by atoms with E-state index >= 15 is 0 Å². The lowest BCUT2D eigenvalue weighted by Crippen LogP contribution is -2.14. The van der Waals surface area contributed by atoms with Crippen LogP contribution >= 0.6 is 11.6 Å². The molecule has 18 heavy (non-hydrogen) atoms. The van der Waals surface area contributed by atoms with E-state index in [2.05, 4.69) is 9.97 Å². The Balaban J connectivity index is 2.44. The molecule has 0 atom stereocenters. The van der Waals surface area contributed by atoms with Gasteiger partial charge in [-0.25, -0.2) is 4.39 Å². The largest absolute Gasteiger partial charge is 0.493 e. The van der Waals surface area contributed by atoms with Gasteiger partial charge in [0.05, 0.1) is 5.56 Å². The second kappa shape index (κ2) is 4.78. The highest BCUT2D eigenvalue weighted by Gasteiger charge is 2.11. The van der Waals surface area contributed by atoms with Crippen LogP contribution in [0.5, 0.6) is 5.88 Å². The molecule has 0 aliphatic carbocycles. The van der Waals surface area contributed by atoms with Gasteiger partial charge >= 0.3 is 0 Å². The SMILES string of the molecule is Cc1c(O)nc(Cc2c(F)cccc2Cl)[nH]c1=O. The maximum Gasteiger partial charge on any atom is 0.257 e. The zero-order chi connectivity index (χ0) is 13.3. The number of H-pyrrole nitrogens is 1. The van der Waals surface area contributed by atoms with E-state index in [1.54, 1.807) is 6.07 Å². The zero-order valence-electron chi connectivity index (χ0n) is 9.50. The van der Waals surface area contributed by atoms with Gasteiger partial charge < -0.3 is 10.1 Å². The summed E-state index contributed by atoms with van der Waals surface area (Å²) < 4.78 is 13.5. The molecule has 1 heterocycles. The molecule has 0 amide bonds. The van der Waals surface area contributed by atoms with Crippen LogP contribution in [0, 0.1) is 12.7 Å². The van der Waals surface area contributed by atoms with Crippen LogP contribution in [0.4, 0.5) is 4.39 Å². The molecule has 0 saturated heterocycles. The van der Waals surface area contributed by atoms with Gasteiger partial charge in [0.25, 0.3) is 5.56 Å². The van der Waals surface area contributed by atoms with E-state index in [9.17, 15) is 14.3 Å². The Morgan fingerprint density at radius 1 is 1.50 bits per heavy atom. The summed E-state index contributed by atoms with van der Waals surface area (Å²) >= 11 is 5.87. The smallest absolute Gasteiger partial charge is 0.257 e. The number of aromatic amines is 1. The summed E-state index contributed by atoms with van der Waals surface area (Å²) in [5.41, 5.74) is -0.103. The first-order valence-electron chi connectivity index (χ1n) is 5.20. The summed E-state index contributed by atoms with van der Waals surface area (Å²) in [5, 5.41) is 9.69. The van der Waals surface area contributed by atoms with Crippen molar-refractivity contribution >= 4 is 11.6 Å². The van der Waals surface area contributed by atoms with E-state index in [0.717, 1.165) is 0 Å². The number of aromatic nitrogens is 2. The average Bonchev–Trinajstić information content (AvgIpc) is 2.31. The average molecular weight is 269 g/mol. The third kappa shape index (κ3) is 2.36. The Kier molecular flexibility index (Phi) is 3.34. The highest BCUT2D eigenvalue weighted by atomic mass is 35.5. The Morgan fingerprint density at radius 3 is 2.83 bits per heavy atom. The lowest BCUT2D eigenvalue weighted by Gasteiger charge is -2.06. The van der Waals surface area contributed by atoms with E-state index in [-0.39, 0.29) is 34.3 Å². The second-order valence-corrected chi connectivity index (χ2v) is 4.25. The molecule has 2 N–H and O–H groups in total. The quantitative estimate of drug-likeness (QED) is 0.877. The van der Waals surface area contributed by atoms with Gasteiger partial charge in [0.1, 0.15) is 11.6 Å². The maximum atomic E-state index is 13.5. The van der Waals surface area contributed by atoms with Crippen molar-refractivity contribution in [3.8, 4) is 5.88 Å². The molecule has 0 aliphatic rings. The molecule has 94 valence electrons. The van der Waals surface area contributed by atoms with Gasteiger partial charge in [0, 0.05) is 17.0 Å². The van der Waals surface area contributed by atoms with Crippen molar-refractivity contribution < 1.29 is 9.50 Å². The number of nitrogens with one attached hydrogen (secondary N) is 1. The van der Waals surface area contributed by atoms with Crippen molar-refractivity contribution in [1.29, 1.82) is 0 Å². The van der Waals surface area contributed by atoms with Crippen molar-refractivity contribution in [3.63, 3.8) is 0 Å². The molecule has 0 bridgehead atoms. The van der Waals surface area contributed by atoms with Crippen molar-refractivity contribution in [2.75, 3.05) is 0 Å². The van der Waals surface area contributed by atoms with Crippen LogP contribution in [0.1, 0.15) is 17.0 Å². The fourth-order valence-electron chi connectivity index (χ4n) is 1.52. The van der Waals surface area contributed by atoms with Crippen molar-refractivity contribution in [2.45, 2.75) is 13.3 Å². The normalized spacial score (nSPS) is 10.6. The van der Waals surface area contributed by atoms with Gasteiger partial charge in [-0.3, -0.25) is 4.79 Å². The van der Waals surface area contributed by atoms with E-state index < -0.39 is 11.4 Å². The van der Waals surface area contributed by atoms with Crippen molar-refractivity contribution in [3.05, 3.63) is 56.3 Å². The molecular formula is C12H10ClFN2O2. The molecule has 2 rings (SSSR count). The Morgan fingerprint density at radius 2 is 2.22 bits per heavy atom. The lowest BCUT2D eigenvalue weighted by molar-refractivity contribution is 0.443. The minimum atomic E-state index is -0.481. The first kappa shape index (κ1) is 12.6. The second-order valence-electron chi connectivity index (χ2n) is 3.84. The fourth-order valence-corrected chi connectivity index (χ4v) is 1.75. The summed E-state index contributed by atoms with van der Waals surface area (Å²) in [7, 11) is 0. The number of aromatic hydroxyl groups is 1. The number of halogens is 2. The predicted molar refractivity (Wildman–Crippen MR) is 65.5 cm³/mol. The van der Waals surface area contributed by atoms with Gasteiger partial charge in [0.15, 0.2) is 0 Å². The molecule has 2 aromatic rings. The van der Waals surface area contributed by atoms with Crippen LogP contribution in [-0.4, -0.2) is 15.1 Å².